The number of urea groups is 1. The van der Waals surface area contributed by atoms with Gasteiger partial charge in [0, 0.05) is 6.20 Å². The van der Waals surface area contributed by atoms with Crippen molar-refractivity contribution in [2.45, 2.75) is 32.6 Å². The predicted molar refractivity (Wildman–Crippen MR) is 130 cm³/mol. The average Bonchev–Trinajstić information content (AvgIpc) is 2.86. The quantitative estimate of drug-likeness (QED) is 0.403. The highest BCUT2D eigenvalue weighted by molar-refractivity contribution is 5.93. The van der Waals surface area contributed by atoms with Gasteiger partial charge in [0.1, 0.15) is 12.2 Å². The Morgan fingerprint density at radius 3 is 2.26 bits per heavy atom. The van der Waals surface area contributed by atoms with Crippen molar-refractivity contribution >= 4 is 23.4 Å². The molecule has 200 valence electrons. The Morgan fingerprint density at radius 2 is 1.66 bits per heavy atom. The largest absolute Gasteiger partial charge is 0.452 e. The molecule has 1 aromatic carbocycles. The van der Waals surface area contributed by atoms with E-state index in [1.54, 1.807) is 30.3 Å². The van der Waals surface area contributed by atoms with Crippen LogP contribution in [0.5, 0.6) is 0 Å². The summed E-state index contributed by atoms with van der Waals surface area (Å²) in [5.74, 6) is -4.00. The third kappa shape index (κ3) is 6.75. The minimum Gasteiger partial charge on any atom is -0.427 e. The third-order valence-electron chi connectivity index (χ3n) is 5.37. The Balaban J connectivity index is 1.97. The van der Waals surface area contributed by atoms with E-state index in [1.807, 2.05) is 0 Å². The molecule has 0 saturated carbocycles. The van der Waals surface area contributed by atoms with Crippen LogP contribution in [0.3, 0.4) is 0 Å². The predicted octanol–water partition coefficient (Wildman–Crippen LogP) is 2.96. The number of ketones is 1. The molecular weight excluding hydrogens is 507 g/mol. The second-order valence-electron chi connectivity index (χ2n) is 8.49. The molecule has 3 amide bonds. The average molecular weight is 531 g/mol. The van der Waals surface area contributed by atoms with E-state index < -0.39 is 48.0 Å². The van der Waals surface area contributed by atoms with E-state index in [9.17, 15) is 37.6 Å². The van der Waals surface area contributed by atoms with Crippen LogP contribution in [0.2, 0.25) is 0 Å². The van der Waals surface area contributed by atoms with E-state index in [2.05, 4.69) is 15.6 Å². The van der Waals surface area contributed by atoms with Crippen LogP contribution in [-0.2, 0) is 16.1 Å². The summed E-state index contributed by atoms with van der Waals surface area (Å²) < 4.78 is 40.6. The van der Waals surface area contributed by atoms with E-state index in [0.29, 0.717) is 10.3 Å². The van der Waals surface area contributed by atoms with Crippen molar-refractivity contribution < 1.29 is 32.8 Å². The maximum Gasteiger partial charge on any atom is 0.452 e. The Kier molecular flexibility index (Phi) is 8.50. The number of carbonyl (C=O) groups is 3. The number of Topliss-reactive ketones (excluding diaryl/α,β-unsaturated/α-hetero) is 1. The van der Waals surface area contributed by atoms with Crippen LogP contribution >= 0.6 is 0 Å². The van der Waals surface area contributed by atoms with Crippen molar-refractivity contribution in [1.29, 1.82) is 0 Å². The molecule has 13 heteroatoms. The molecule has 0 radical (unpaired) electrons. The smallest absolute Gasteiger partial charge is 0.427 e. The standard InChI is InChI=1S/C25H24F3N5O5/c1-15(2)21(22(35)25(26,27)28)31-20(34)14-32-18(16-8-4-3-5-9-16)12-11-17(23(32)36)29-24(37)30-19-10-6-7-13-33(19)38/h3-13,15,21,38H,14H2,1-2H3,(H,29,37)(H,31,34). The molecule has 0 fully saturated rings. The zero-order chi connectivity index (χ0) is 28.0. The molecule has 3 aromatic rings. The minimum atomic E-state index is -5.16. The van der Waals surface area contributed by atoms with Gasteiger partial charge in [0.05, 0.1) is 11.7 Å². The summed E-state index contributed by atoms with van der Waals surface area (Å²) in [6.45, 7) is 1.95. The lowest BCUT2D eigenvalue weighted by molar-refractivity contribution is -0.174. The first-order chi connectivity index (χ1) is 17.9. The molecule has 2 aromatic heterocycles. The van der Waals surface area contributed by atoms with Gasteiger partial charge in [0.2, 0.25) is 5.91 Å². The maximum atomic E-state index is 13.3. The van der Waals surface area contributed by atoms with Crippen molar-refractivity contribution in [2.24, 2.45) is 10.9 Å². The molecule has 1 atom stereocenters. The van der Waals surface area contributed by atoms with Crippen LogP contribution in [0.1, 0.15) is 13.8 Å². The monoisotopic (exact) mass is 531 g/mol. The van der Waals surface area contributed by atoms with E-state index in [-0.39, 0.29) is 16.9 Å². The van der Waals surface area contributed by atoms with E-state index in [1.165, 1.54) is 50.4 Å². The van der Waals surface area contributed by atoms with Crippen LogP contribution in [0, 0.1) is 5.92 Å². The van der Waals surface area contributed by atoms with Gasteiger partial charge in [0.25, 0.3) is 11.3 Å². The zero-order valence-corrected chi connectivity index (χ0v) is 20.3. The number of nitrogens with zero attached hydrogens (tertiary/aromatic N) is 3. The molecule has 3 N–H and O–H groups in total. The summed E-state index contributed by atoms with van der Waals surface area (Å²) in [6.07, 6.45) is -3.92. The zero-order valence-electron chi connectivity index (χ0n) is 20.3. The van der Waals surface area contributed by atoms with Crippen LogP contribution < -0.4 is 21.7 Å². The summed E-state index contributed by atoms with van der Waals surface area (Å²) in [5.41, 5.74) is -0.506. The van der Waals surface area contributed by atoms with E-state index >= 15 is 0 Å². The lowest BCUT2D eigenvalue weighted by Crippen LogP contribution is -2.50. The SMILES string of the molecule is CC(C)C(NC(=O)Cn1c(-c2ccccc2)ccc(NC(=O)N=c2ccccn2O)c1=O)C(=O)C(F)(F)F. The van der Waals surface area contributed by atoms with E-state index in [0.717, 1.165) is 4.57 Å². The van der Waals surface area contributed by atoms with Crippen LogP contribution in [0.15, 0.2) is 76.6 Å². The fourth-order valence-electron chi connectivity index (χ4n) is 3.53. The Bertz CT molecular complexity index is 1460. The summed E-state index contributed by atoms with van der Waals surface area (Å²) >= 11 is 0. The Morgan fingerprint density at radius 1 is 1.00 bits per heavy atom. The van der Waals surface area contributed by atoms with Gasteiger partial charge in [-0.1, -0.05) is 50.2 Å². The van der Waals surface area contributed by atoms with Gasteiger partial charge in [-0.3, -0.25) is 19.0 Å². The number of pyridine rings is 2. The van der Waals surface area contributed by atoms with Crippen molar-refractivity contribution in [3.05, 3.63) is 82.7 Å². The Labute approximate surface area is 214 Å². The first-order valence-electron chi connectivity index (χ1n) is 11.3. The van der Waals surface area contributed by atoms with Crippen molar-refractivity contribution in [1.82, 2.24) is 14.6 Å². The fraction of sp³-hybridized carbons (Fsp3) is 0.240. The second kappa shape index (κ2) is 11.6. The lowest BCUT2D eigenvalue weighted by atomic mass is 9.99. The van der Waals surface area contributed by atoms with Crippen LogP contribution in [0.25, 0.3) is 11.3 Å². The van der Waals surface area contributed by atoms with Gasteiger partial charge in [-0.15, -0.1) is 0 Å². The summed E-state index contributed by atoms with van der Waals surface area (Å²) in [4.78, 5) is 53.9. The number of halogens is 3. The molecule has 0 spiro atoms. The van der Waals surface area contributed by atoms with Gasteiger partial charge in [-0.2, -0.15) is 22.9 Å². The molecule has 38 heavy (non-hydrogen) atoms. The Hall–Kier alpha value is -4.68. The minimum absolute atomic E-state index is 0.125. The van der Waals surface area contributed by atoms with E-state index in [4.69, 9.17) is 0 Å². The molecule has 0 aliphatic rings. The number of alkyl halides is 3. The van der Waals surface area contributed by atoms with Crippen LogP contribution in [0.4, 0.5) is 23.7 Å². The summed E-state index contributed by atoms with van der Waals surface area (Å²) in [7, 11) is 0. The summed E-state index contributed by atoms with van der Waals surface area (Å²) in [6, 6.07) is 12.6. The number of hydrogen-bond donors (Lipinski definition) is 3. The maximum absolute atomic E-state index is 13.3. The highest BCUT2D eigenvalue weighted by Crippen LogP contribution is 2.22. The first kappa shape index (κ1) is 27.9. The number of aromatic nitrogens is 2. The number of anilines is 1. The number of nitrogens with one attached hydrogen (secondary N) is 2. The number of amides is 3. The number of hydrogen-bond acceptors (Lipinski definition) is 5. The molecule has 2 heterocycles. The van der Waals surface area contributed by atoms with Gasteiger partial charge in [0.15, 0.2) is 5.49 Å². The first-order valence-corrected chi connectivity index (χ1v) is 11.3. The molecule has 0 aliphatic heterocycles. The normalized spacial score (nSPS) is 12.7. The third-order valence-corrected chi connectivity index (χ3v) is 5.37. The molecule has 1 unspecified atom stereocenters. The van der Waals surface area contributed by atoms with Crippen molar-refractivity contribution in [2.75, 3.05) is 5.32 Å². The molecule has 0 bridgehead atoms. The lowest BCUT2D eigenvalue weighted by Gasteiger charge is -2.23. The number of benzene rings is 1. The van der Waals surface area contributed by atoms with Gasteiger partial charge in [-0.25, -0.2) is 4.79 Å². The highest BCUT2D eigenvalue weighted by Gasteiger charge is 2.45. The molecule has 3 rings (SSSR count). The highest BCUT2D eigenvalue weighted by atomic mass is 19.4. The number of carbonyl (C=O) groups excluding carboxylic acids is 3. The van der Waals surface area contributed by atoms with Gasteiger partial charge in [-0.05, 0) is 35.7 Å². The molecule has 10 nitrogen and oxygen atoms in total. The fourth-order valence-corrected chi connectivity index (χ4v) is 3.53. The number of rotatable bonds is 7. The molecule has 0 saturated heterocycles. The van der Waals surface area contributed by atoms with Gasteiger partial charge < -0.3 is 15.8 Å². The second-order valence-corrected chi connectivity index (χ2v) is 8.49. The molecular formula is C25H24F3N5O5. The van der Waals surface area contributed by atoms with Crippen LogP contribution in [-0.4, -0.2) is 44.4 Å². The van der Waals surface area contributed by atoms with Gasteiger partial charge >= 0.3 is 12.2 Å². The topological polar surface area (TPSA) is 135 Å². The van der Waals surface area contributed by atoms with Crippen molar-refractivity contribution in [3.8, 4) is 11.3 Å². The molecule has 0 aliphatic carbocycles. The summed E-state index contributed by atoms with van der Waals surface area (Å²) in [5, 5.41) is 14.1. The van der Waals surface area contributed by atoms with Crippen molar-refractivity contribution in [3.63, 3.8) is 0 Å².